The van der Waals surface area contributed by atoms with Gasteiger partial charge in [0.15, 0.2) is 15.8 Å². The molecular formula is C12H13N3O2S2. The Morgan fingerprint density at radius 1 is 1.32 bits per heavy atom. The molecule has 0 bridgehead atoms. The van der Waals surface area contributed by atoms with Crippen LogP contribution in [0.2, 0.25) is 0 Å². The van der Waals surface area contributed by atoms with Gasteiger partial charge in [-0.1, -0.05) is 11.8 Å². The van der Waals surface area contributed by atoms with Crippen molar-refractivity contribution in [3.8, 4) is 11.5 Å². The molecule has 5 nitrogen and oxygen atoms in total. The molecule has 2 N–H and O–H groups in total. The molecule has 2 heterocycles. The number of nitrogens with two attached hydrogens (primary N) is 1. The van der Waals surface area contributed by atoms with Gasteiger partial charge in [0.05, 0.1) is 0 Å². The largest absolute Gasteiger partial charge is 0.486 e. The molecule has 1 aliphatic heterocycles. The van der Waals surface area contributed by atoms with Crippen LogP contribution in [0.5, 0.6) is 11.5 Å². The Hall–Kier alpha value is -1.47. The lowest BCUT2D eigenvalue weighted by molar-refractivity contribution is 0.171. The van der Waals surface area contributed by atoms with Crippen LogP contribution in [0, 0.1) is 6.92 Å². The van der Waals surface area contributed by atoms with Crippen molar-refractivity contribution in [2.75, 3.05) is 18.9 Å². The minimum atomic E-state index is 0.574. The Bertz CT molecular complexity index is 601. The highest BCUT2D eigenvalue weighted by atomic mass is 32.2. The van der Waals surface area contributed by atoms with Crippen molar-refractivity contribution in [2.24, 2.45) is 0 Å². The fourth-order valence-electron chi connectivity index (χ4n) is 1.75. The van der Waals surface area contributed by atoms with Crippen LogP contribution >= 0.6 is 23.3 Å². The first kappa shape index (κ1) is 12.6. The molecule has 7 heteroatoms. The number of thioether (sulfide) groups is 1. The van der Waals surface area contributed by atoms with Crippen LogP contribution in [0.3, 0.4) is 0 Å². The van der Waals surface area contributed by atoms with Crippen LogP contribution in [0.1, 0.15) is 11.4 Å². The predicted octanol–water partition coefficient (Wildman–Crippen LogP) is 2.49. The summed E-state index contributed by atoms with van der Waals surface area (Å²) in [6.07, 6.45) is 0. The first-order valence-electron chi connectivity index (χ1n) is 5.83. The summed E-state index contributed by atoms with van der Waals surface area (Å²) in [5, 5.41) is 0. The van der Waals surface area contributed by atoms with Crippen LogP contribution in [-0.2, 0) is 5.75 Å². The van der Waals surface area contributed by atoms with E-state index in [4.69, 9.17) is 15.2 Å². The lowest BCUT2D eigenvalue weighted by Gasteiger charge is -2.20. The summed E-state index contributed by atoms with van der Waals surface area (Å²) in [6, 6.07) is 3.78. The summed E-state index contributed by atoms with van der Waals surface area (Å²) in [5.41, 5.74) is 7.78. The molecule has 0 saturated heterocycles. The van der Waals surface area contributed by atoms with E-state index in [1.54, 1.807) is 11.8 Å². The minimum absolute atomic E-state index is 0.574. The maximum absolute atomic E-state index is 6.03. The topological polar surface area (TPSA) is 70.3 Å². The smallest absolute Gasteiger partial charge is 0.170 e. The van der Waals surface area contributed by atoms with Crippen LogP contribution in [0.4, 0.5) is 5.69 Å². The third-order valence-electron chi connectivity index (χ3n) is 2.66. The quantitative estimate of drug-likeness (QED) is 0.693. The molecule has 0 fully saturated rings. The predicted molar refractivity (Wildman–Crippen MR) is 76.1 cm³/mol. The molecule has 100 valence electrons. The average Bonchev–Trinajstić information content (AvgIpc) is 2.82. The van der Waals surface area contributed by atoms with Gasteiger partial charge in [0.1, 0.15) is 19.0 Å². The van der Waals surface area contributed by atoms with Crippen LogP contribution in [-0.4, -0.2) is 22.6 Å². The number of aromatic nitrogens is 2. The molecule has 0 radical (unpaired) electrons. The van der Waals surface area contributed by atoms with E-state index in [0.29, 0.717) is 13.2 Å². The van der Waals surface area contributed by atoms with E-state index in [2.05, 4.69) is 9.36 Å². The normalized spacial score (nSPS) is 13.5. The maximum Gasteiger partial charge on any atom is 0.170 e. The highest BCUT2D eigenvalue weighted by Gasteiger charge is 2.15. The van der Waals surface area contributed by atoms with E-state index in [0.717, 1.165) is 38.7 Å². The van der Waals surface area contributed by atoms with Gasteiger partial charge in [0, 0.05) is 17.5 Å². The van der Waals surface area contributed by atoms with E-state index in [9.17, 15) is 0 Å². The van der Waals surface area contributed by atoms with E-state index < -0.39 is 0 Å². The lowest BCUT2D eigenvalue weighted by Crippen LogP contribution is -2.15. The number of nitrogens with zero attached hydrogens (tertiary/aromatic N) is 2. The number of rotatable bonds is 3. The SMILES string of the molecule is Cc1nsc(SCc2cc3c(cc2N)OCCO3)n1. The van der Waals surface area contributed by atoms with Gasteiger partial charge in [0.25, 0.3) is 0 Å². The summed E-state index contributed by atoms with van der Waals surface area (Å²) in [5.74, 6) is 3.05. The molecule has 3 rings (SSSR count). The van der Waals surface area contributed by atoms with Crippen molar-refractivity contribution in [3.05, 3.63) is 23.5 Å². The van der Waals surface area contributed by atoms with Gasteiger partial charge in [-0.05, 0) is 30.1 Å². The number of benzene rings is 1. The fourth-order valence-corrected chi connectivity index (χ4v) is 3.40. The van der Waals surface area contributed by atoms with E-state index >= 15 is 0 Å². The Labute approximate surface area is 119 Å². The molecule has 0 amide bonds. The van der Waals surface area contributed by atoms with Crippen molar-refractivity contribution in [3.63, 3.8) is 0 Å². The summed E-state index contributed by atoms with van der Waals surface area (Å²) in [6.45, 7) is 3.04. The molecule has 0 spiro atoms. The van der Waals surface area contributed by atoms with E-state index in [1.165, 1.54) is 11.5 Å². The molecule has 0 aliphatic carbocycles. The first-order chi connectivity index (χ1) is 9.22. The zero-order chi connectivity index (χ0) is 13.2. The summed E-state index contributed by atoms with van der Waals surface area (Å²) in [7, 11) is 0. The van der Waals surface area contributed by atoms with Gasteiger partial charge in [-0.2, -0.15) is 4.37 Å². The second-order valence-electron chi connectivity index (χ2n) is 4.09. The molecule has 19 heavy (non-hydrogen) atoms. The summed E-state index contributed by atoms with van der Waals surface area (Å²) in [4.78, 5) is 4.32. The molecule has 0 atom stereocenters. The molecular weight excluding hydrogens is 282 g/mol. The van der Waals surface area contributed by atoms with Gasteiger partial charge < -0.3 is 15.2 Å². The van der Waals surface area contributed by atoms with Crippen molar-refractivity contribution in [2.45, 2.75) is 17.0 Å². The van der Waals surface area contributed by atoms with Crippen molar-refractivity contribution in [1.29, 1.82) is 0 Å². The Morgan fingerprint density at radius 2 is 2.05 bits per heavy atom. The van der Waals surface area contributed by atoms with Gasteiger partial charge in [-0.15, -0.1) is 0 Å². The number of nitrogen functional groups attached to an aromatic ring is 1. The van der Waals surface area contributed by atoms with Gasteiger partial charge in [-0.3, -0.25) is 0 Å². The monoisotopic (exact) mass is 295 g/mol. The maximum atomic E-state index is 6.03. The highest BCUT2D eigenvalue weighted by Crippen LogP contribution is 2.36. The van der Waals surface area contributed by atoms with Gasteiger partial charge in [-0.25, -0.2) is 4.98 Å². The molecule has 0 saturated carbocycles. The second kappa shape index (κ2) is 5.26. The highest BCUT2D eigenvalue weighted by molar-refractivity contribution is 8.00. The third-order valence-corrected chi connectivity index (χ3v) is 4.64. The number of aryl methyl sites for hydroxylation is 1. The number of hydrogen-bond donors (Lipinski definition) is 1. The lowest BCUT2D eigenvalue weighted by atomic mass is 10.2. The van der Waals surface area contributed by atoms with Gasteiger partial charge in [0.2, 0.25) is 0 Å². The van der Waals surface area contributed by atoms with Crippen LogP contribution in [0.15, 0.2) is 16.5 Å². The fraction of sp³-hybridized carbons (Fsp3) is 0.333. The summed E-state index contributed by atoms with van der Waals surface area (Å²) >= 11 is 3.04. The molecule has 1 aromatic heterocycles. The summed E-state index contributed by atoms with van der Waals surface area (Å²) < 4.78 is 16.2. The minimum Gasteiger partial charge on any atom is -0.486 e. The first-order valence-corrected chi connectivity index (χ1v) is 7.59. The van der Waals surface area contributed by atoms with Crippen molar-refractivity contribution < 1.29 is 9.47 Å². The van der Waals surface area contributed by atoms with E-state index in [-0.39, 0.29) is 0 Å². The van der Waals surface area contributed by atoms with Crippen molar-refractivity contribution >= 4 is 29.0 Å². The van der Waals surface area contributed by atoms with Crippen LogP contribution < -0.4 is 15.2 Å². The number of anilines is 1. The Kier molecular flexibility index (Phi) is 3.48. The second-order valence-corrected chi connectivity index (χ2v) is 6.07. The Balaban J connectivity index is 1.77. The molecule has 1 aromatic carbocycles. The standard InChI is InChI=1S/C12H13N3O2S2/c1-7-14-12(19-15-7)18-6-8-4-10-11(5-9(8)13)17-3-2-16-10/h4-5H,2-3,6,13H2,1H3. The molecule has 2 aromatic rings. The van der Waals surface area contributed by atoms with Crippen molar-refractivity contribution in [1.82, 2.24) is 9.36 Å². The molecule has 1 aliphatic rings. The van der Waals surface area contributed by atoms with Gasteiger partial charge >= 0.3 is 0 Å². The average molecular weight is 295 g/mol. The number of fused-ring (bicyclic) bond motifs is 1. The Morgan fingerprint density at radius 3 is 2.74 bits per heavy atom. The number of hydrogen-bond acceptors (Lipinski definition) is 7. The van der Waals surface area contributed by atoms with Crippen LogP contribution in [0.25, 0.3) is 0 Å². The number of ether oxygens (including phenoxy) is 2. The zero-order valence-corrected chi connectivity index (χ0v) is 12.0. The van der Waals surface area contributed by atoms with E-state index in [1.807, 2.05) is 19.1 Å². The zero-order valence-electron chi connectivity index (χ0n) is 10.4. The molecule has 0 unspecified atom stereocenters. The third kappa shape index (κ3) is 2.76.